The zero-order valence-corrected chi connectivity index (χ0v) is 11.5. The van der Waals surface area contributed by atoms with Crippen LogP contribution in [0.3, 0.4) is 0 Å². The highest BCUT2D eigenvalue weighted by atomic mass is 16.4. The van der Waals surface area contributed by atoms with Gasteiger partial charge in [-0.25, -0.2) is 0 Å². The number of aromatic hydroxyl groups is 2. The maximum absolute atomic E-state index is 10.8. The van der Waals surface area contributed by atoms with E-state index in [1.165, 1.54) is 12.1 Å². The third kappa shape index (κ3) is 3.61. The number of aliphatic carboxylic acids is 1. The van der Waals surface area contributed by atoms with Crippen molar-refractivity contribution in [2.75, 3.05) is 6.54 Å². The Labute approximate surface area is 113 Å². The first-order valence-corrected chi connectivity index (χ1v) is 6.36. The molecule has 0 heterocycles. The summed E-state index contributed by atoms with van der Waals surface area (Å²) < 4.78 is 0. The number of hydrogen-bond acceptors (Lipinski definition) is 4. The number of carboxylic acids is 1. The maximum atomic E-state index is 10.8. The number of phenolic OH excluding ortho intramolecular Hbond substituents is 2. The van der Waals surface area contributed by atoms with E-state index in [9.17, 15) is 15.0 Å². The van der Waals surface area contributed by atoms with Crippen molar-refractivity contribution in [3.63, 3.8) is 0 Å². The van der Waals surface area contributed by atoms with Crippen molar-refractivity contribution in [2.24, 2.45) is 0 Å². The van der Waals surface area contributed by atoms with Crippen molar-refractivity contribution >= 4 is 5.97 Å². The molecule has 106 valence electrons. The summed E-state index contributed by atoms with van der Waals surface area (Å²) in [5.41, 5.74) is 0.432. The van der Waals surface area contributed by atoms with Crippen molar-refractivity contribution in [2.45, 2.75) is 39.3 Å². The summed E-state index contributed by atoms with van der Waals surface area (Å²) in [4.78, 5) is 12.7. The van der Waals surface area contributed by atoms with Gasteiger partial charge < -0.3 is 15.3 Å². The van der Waals surface area contributed by atoms with Crippen LogP contribution in [0.2, 0.25) is 0 Å². The second-order valence-electron chi connectivity index (χ2n) is 4.66. The van der Waals surface area contributed by atoms with E-state index < -0.39 is 5.97 Å². The van der Waals surface area contributed by atoms with Crippen LogP contribution in [0.25, 0.3) is 0 Å². The van der Waals surface area contributed by atoms with Crippen LogP contribution < -0.4 is 0 Å². The quantitative estimate of drug-likeness (QED) is 0.737. The molecule has 5 nitrogen and oxygen atoms in total. The van der Waals surface area contributed by atoms with Crippen molar-refractivity contribution in [3.8, 4) is 11.5 Å². The molecule has 5 heteroatoms. The number of phenols is 2. The fourth-order valence-corrected chi connectivity index (χ4v) is 2.47. The van der Waals surface area contributed by atoms with Crippen LogP contribution in [0.15, 0.2) is 18.2 Å². The molecule has 0 aliphatic heterocycles. The van der Waals surface area contributed by atoms with E-state index in [4.69, 9.17) is 5.11 Å². The zero-order chi connectivity index (χ0) is 14.6. The molecule has 2 atom stereocenters. The largest absolute Gasteiger partial charge is 0.507 e. The molecule has 0 spiro atoms. The Morgan fingerprint density at radius 1 is 1.26 bits per heavy atom. The topological polar surface area (TPSA) is 81.0 Å². The van der Waals surface area contributed by atoms with E-state index in [-0.39, 0.29) is 30.0 Å². The summed E-state index contributed by atoms with van der Waals surface area (Å²) in [6.07, 6.45) is 0.0204. The average molecular weight is 267 g/mol. The first-order valence-electron chi connectivity index (χ1n) is 6.36. The van der Waals surface area contributed by atoms with Gasteiger partial charge in [-0.15, -0.1) is 0 Å². The first kappa shape index (κ1) is 15.3. The molecule has 0 saturated carbocycles. The summed E-state index contributed by atoms with van der Waals surface area (Å²) in [6.45, 7) is 6.22. The molecule has 0 bridgehead atoms. The molecule has 0 aliphatic rings. The van der Waals surface area contributed by atoms with Gasteiger partial charge in [-0.05, 0) is 32.5 Å². The maximum Gasteiger partial charge on any atom is 0.304 e. The highest BCUT2D eigenvalue weighted by molar-refractivity contribution is 5.67. The molecule has 0 radical (unpaired) electrons. The molecule has 0 amide bonds. The fourth-order valence-electron chi connectivity index (χ4n) is 2.47. The van der Waals surface area contributed by atoms with Gasteiger partial charge in [-0.1, -0.05) is 13.0 Å². The Morgan fingerprint density at radius 2 is 1.79 bits per heavy atom. The summed E-state index contributed by atoms with van der Waals surface area (Å²) in [6, 6.07) is 4.15. The van der Waals surface area contributed by atoms with Crippen LogP contribution in [0.1, 0.15) is 38.8 Å². The lowest BCUT2D eigenvalue weighted by molar-refractivity contribution is -0.138. The van der Waals surface area contributed by atoms with Crippen LogP contribution in [0.5, 0.6) is 11.5 Å². The number of benzene rings is 1. The Kier molecular flexibility index (Phi) is 5.18. The lowest BCUT2D eigenvalue weighted by Gasteiger charge is -2.33. The van der Waals surface area contributed by atoms with Gasteiger partial charge in [0.15, 0.2) is 0 Å². The lowest BCUT2D eigenvalue weighted by atomic mass is 10.0. The minimum atomic E-state index is -0.861. The summed E-state index contributed by atoms with van der Waals surface area (Å²) in [5, 5.41) is 28.6. The van der Waals surface area contributed by atoms with Crippen LogP contribution in [0, 0.1) is 0 Å². The second kappa shape index (κ2) is 6.43. The molecule has 0 aliphatic carbocycles. The molecule has 1 aromatic rings. The molecular formula is C14H21NO4. The number of carboxylic acid groups (broad SMARTS) is 1. The molecule has 19 heavy (non-hydrogen) atoms. The molecule has 0 fully saturated rings. The van der Waals surface area contributed by atoms with Gasteiger partial charge in [-0.2, -0.15) is 0 Å². The Bertz CT molecular complexity index is 427. The summed E-state index contributed by atoms with van der Waals surface area (Å²) >= 11 is 0. The molecule has 3 N–H and O–H groups in total. The minimum Gasteiger partial charge on any atom is -0.507 e. The van der Waals surface area contributed by atoms with Crippen molar-refractivity contribution in [1.82, 2.24) is 4.90 Å². The van der Waals surface area contributed by atoms with Crippen LogP contribution >= 0.6 is 0 Å². The molecule has 0 saturated heterocycles. The normalized spacial score (nSPS) is 14.3. The predicted molar refractivity (Wildman–Crippen MR) is 72.3 cm³/mol. The molecular weight excluding hydrogens is 246 g/mol. The summed E-state index contributed by atoms with van der Waals surface area (Å²) in [7, 11) is 0. The van der Waals surface area contributed by atoms with E-state index in [0.29, 0.717) is 12.1 Å². The Balaban J connectivity index is 3.01. The first-order chi connectivity index (χ1) is 8.88. The van der Waals surface area contributed by atoms with Crippen LogP contribution in [-0.4, -0.2) is 38.8 Å². The van der Waals surface area contributed by atoms with E-state index in [0.717, 1.165) is 0 Å². The van der Waals surface area contributed by atoms with E-state index in [2.05, 4.69) is 0 Å². The van der Waals surface area contributed by atoms with Gasteiger partial charge in [0.25, 0.3) is 0 Å². The Morgan fingerprint density at radius 3 is 2.21 bits per heavy atom. The third-order valence-corrected chi connectivity index (χ3v) is 3.38. The van der Waals surface area contributed by atoms with Gasteiger partial charge in [0.05, 0.1) is 12.0 Å². The standard InChI is InChI=1S/C14H21NO4/c1-4-15(9(2)8-13(18)19)10(3)14-11(16)6-5-7-12(14)17/h5-7,9-10,16-17H,4,8H2,1-3H3,(H,18,19). The number of hydrogen-bond donors (Lipinski definition) is 3. The predicted octanol–water partition coefficient (Wildman–Crippen LogP) is 2.34. The van der Waals surface area contributed by atoms with E-state index >= 15 is 0 Å². The number of carbonyl (C=O) groups is 1. The second-order valence-corrected chi connectivity index (χ2v) is 4.66. The monoisotopic (exact) mass is 267 g/mol. The van der Waals surface area contributed by atoms with Crippen molar-refractivity contribution < 1.29 is 20.1 Å². The molecule has 1 aromatic carbocycles. The van der Waals surface area contributed by atoms with E-state index in [1.807, 2.05) is 25.7 Å². The van der Waals surface area contributed by atoms with Crippen LogP contribution in [0.4, 0.5) is 0 Å². The van der Waals surface area contributed by atoms with Gasteiger partial charge >= 0.3 is 5.97 Å². The number of nitrogens with zero attached hydrogens (tertiary/aromatic N) is 1. The van der Waals surface area contributed by atoms with Gasteiger partial charge in [-0.3, -0.25) is 9.69 Å². The molecule has 0 aromatic heterocycles. The fraction of sp³-hybridized carbons (Fsp3) is 0.500. The lowest BCUT2D eigenvalue weighted by Crippen LogP contribution is -2.36. The minimum absolute atomic E-state index is 0.0204. The molecule has 1 rings (SSSR count). The van der Waals surface area contributed by atoms with Gasteiger partial charge in [0.1, 0.15) is 11.5 Å². The van der Waals surface area contributed by atoms with E-state index in [1.54, 1.807) is 6.07 Å². The SMILES string of the molecule is CCN(C(C)CC(=O)O)C(C)c1c(O)cccc1O. The summed E-state index contributed by atoms with van der Waals surface area (Å²) in [5.74, 6) is -0.818. The van der Waals surface area contributed by atoms with Crippen molar-refractivity contribution in [3.05, 3.63) is 23.8 Å². The molecule has 2 unspecified atom stereocenters. The number of rotatable bonds is 6. The Hall–Kier alpha value is -1.75. The third-order valence-electron chi connectivity index (χ3n) is 3.38. The van der Waals surface area contributed by atoms with Gasteiger partial charge in [0, 0.05) is 12.1 Å². The highest BCUT2D eigenvalue weighted by Crippen LogP contribution is 2.36. The van der Waals surface area contributed by atoms with Crippen LogP contribution in [-0.2, 0) is 4.79 Å². The average Bonchev–Trinajstić information content (AvgIpc) is 2.28. The smallest absolute Gasteiger partial charge is 0.304 e. The van der Waals surface area contributed by atoms with Crippen molar-refractivity contribution in [1.29, 1.82) is 0 Å². The van der Waals surface area contributed by atoms with Gasteiger partial charge in [0.2, 0.25) is 0 Å². The highest BCUT2D eigenvalue weighted by Gasteiger charge is 2.25. The zero-order valence-electron chi connectivity index (χ0n) is 11.5.